The number of hydrogen-bond donors (Lipinski definition) is 2. The van der Waals surface area contributed by atoms with Crippen molar-refractivity contribution in [2.45, 2.75) is 19.4 Å². The zero-order chi connectivity index (χ0) is 14.0. The van der Waals surface area contributed by atoms with Crippen molar-refractivity contribution in [2.24, 2.45) is 0 Å². The summed E-state index contributed by atoms with van der Waals surface area (Å²) in [6.07, 6.45) is 0.00207. The molecule has 5 nitrogen and oxygen atoms in total. The number of aryl methyl sites for hydroxylation is 1. The largest absolute Gasteiger partial charge is 0.391 e. The van der Waals surface area contributed by atoms with Crippen LogP contribution in [0, 0.1) is 6.92 Å². The Morgan fingerprint density at radius 2 is 2.21 bits per heavy atom. The van der Waals surface area contributed by atoms with Gasteiger partial charge in [0.25, 0.3) is 0 Å². The molecule has 1 saturated heterocycles. The Bertz CT molecular complexity index is 519. The van der Waals surface area contributed by atoms with Crippen LogP contribution in [0.5, 0.6) is 0 Å². The number of carbonyl (C=O) groups excluding carboxylic acids is 2. The van der Waals surface area contributed by atoms with Gasteiger partial charge in [0.15, 0.2) is 0 Å². The van der Waals surface area contributed by atoms with Crippen LogP contribution in [0.1, 0.15) is 12.0 Å². The summed E-state index contributed by atoms with van der Waals surface area (Å²) in [7, 11) is 0. The number of nitrogens with one attached hydrogen (secondary N) is 1. The lowest BCUT2D eigenvalue weighted by atomic mass is 10.2. The number of halogens is 1. The van der Waals surface area contributed by atoms with Gasteiger partial charge >= 0.3 is 11.8 Å². The Kier molecular flexibility index (Phi) is 4.21. The fraction of sp³-hybridized carbons (Fsp3) is 0.385. The standard InChI is InChI=1S/C13H15BrN2O3/c1-8-6-9(14)2-3-11(8)15-12(18)13(19)16-5-4-10(17)7-16/h2-3,6,10,17H,4-5,7H2,1H3,(H,15,18)/t10-/m0/s1. The third-order valence-electron chi connectivity index (χ3n) is 3.08. The van der Waals surface area contributed by atoms with E-state index < -0.39 is 17.9 Å². The van der Waals surface area contributed by atoms with Crippen LogP contribution in [0.25, 0.3) is 0 Å². The first-order valence-electron chi connectivity index (χ1n) is 6.02. The van der Waals surface area contributed by atoms with Crippen LogP contribution >= 0.6 is 15.9 Å². The van der Waals surface area contributed by atoms with Gasteiger partial charge in [0, 0.05) is 23.2 Å². The van der Waals surface area contributed by atoms with Crippen molar-refractivity contribution in [2.75, 3.05) is 18.4 Å². The zero-order valence-corrected chi connectivity index (χ0v) is 12.1. The van der Waals surface area contributed by atoms with Crippen LogP contribution in [0.3, 0.4) is 0 Å². The molecule has 2 rings (SSSR count). The number of carbonyl (C=O) groups is 2. The topological polar surface area (TPSA) is 69.6 Å². The predicted molar refractivity (Wildman–Crippen MR) is 74.7 cm³/mol. The minimum Gasteiger partial charge on any atom is -0.391 e. The van der Waals surface area contributed by atoms with Crippen LogP contribution in [0.4, 0.5) is 5.69 Å². The van der Waals surface area contributed by atoms with Crippen molar-refractivity contribution in [3.05, 3.63) is 28.2 Å². The fourth-order valence-electron chi connectivity index (χ4n) is 2.01. The van der Waals surface area contributed by atoms with Gasteiger partial charge in [-0.25, -0.2) is 0 Å². The second-order valence-corrected chi connectivity index (χ2v) is 5.52. The maximum atomic E-state index is 11.9. The molecule has 2 N–H and O–H groups in total. The molecule has 1 aromatic rings. The van der Waals surface area contributed by atoms with Gasteiger partial charge in [0.1, 0.15) is 0 Å². The number of likely N-dealkylation sites (tertiary alicyclic amines) is 1. The highest BCUT2D eigenvalue weighted by Gasteiger charge is 2.29. The Morgan fingerprint density at radius 3 is 2.79 bits per heavy atom. The summed E-state index contributed by atoms with van der Waals surface area (Å²) in [6.45, 7) is 2.50. The van der Waals surface area contributed by atoms with Gasteiger partial charge < -0.3 is 15.3 Å². The van der Waals surface area contributed by atoms with E-state index in [2.05, 4.69) is 21.2 Å². The number of β-amino-alcohol motifs (C(OH)–C–C–N with tert-alkyl or cyclic N) is 1. The van der Waals surface area contributed by atoms with Crippen molar-refractivity contribution < 1.29 is 14.7 Å². The van der Waals surface area contributed by atoms with E-state index in [1.165, 1.54) is 4.90 Å². The van der Waals surface area contributed by atoms with Crippen LogP contribution < -0.4 is 5.32 Å². The third-order valence-corrected chi connectivity index (χ3v) is 3.57. The van der Waals surface area contributed by atoms with Crippen molar-refractivity contribution in [1.29, 1.82) is 0 Å². The molecule has 1 aromatic carbocycles. The molecule has 0 spiro atoms. The SMILES string of the molecule is Cc1cc(Br)ccc1NC(=O)C(=O)N1CC[C@H](O)C1. The van der Waals surface area contributed by atoms with E-state index in [9.17, 15) is 14.7 Å². The smallest absolute Gasteiger partial charge is 0.313 e. The first-order valence-corrected chi connectivity index (χ1v) is 6.81. The molecule has 102 valence electrons. The van der Waals surface area contributed by atoms with Gasteiger partial charge in [0.05, 0.1) is 6.10 Å². The first kappa shape index (κ1) is 14.0. The van der Waals surface area contributed by atoms with Gasteiger partial charge in [-0.05, 0) is 37.1 Å². The van der Waals surface area contributed by atoms with Gasteiger partial charge in [0.2, 0.25) is 0 Å². The zero-order valence-electron chi connectivity index (χ0n) is 10.5. The summed E-state index contributed by atoms with van der Waals surface area (Å²) >= 11 is 3.34. The highest BCUT2D eigenvalue weighted by Crippen LogP contribution is 2.20. The normalized spacial score (nSPS) is 18.5. The summed E-state index contributed by atoms with van der Waals surface area (Å²) < 4.78 is 0.914. The van der Waals surface area contributed by atoms with E-state index in [1.54, 1.807) is 12.1 Å². The van der Waals surface area contributed by atoms with Crippen LogP contribution in [-0.4, -0.2) is 41.0 Å². The molecule has 1 fully saturated rings. The first-order chi connectivity index (χ1) is 8.97. The maximum absolute atomic E-state index is 11.9. The monoisotopic (exact) mass is 326 g/mol. The molecule has 0 unspecified atom stereocenters. The van der Waals surface area contributed by atoms with E-state index >= 15 is 0 Å². The van der Waals surface area contributed by atoms with Gasteiger partial charge in [-0.2, -0.15) is 0 Å². The van der Waals surface area contributed by atoms with Crippen molar-refractivity contribution in [1.82, 2.24) is 4.90 Å². The number of amides is 2. The molecule has 0 radical (unpaired) electrons. The molecule has 2 amide bonds. The molecular formula is C13H15BrN2O3. The Morgan fingerprint density at radius 1 is 1.47 bits per heavy atom. The van der Waals surface area contributed by atoms with E-state index in [-0.39, 0.29) is 6.54 Å². The Labute approximate surface area is 119 Å². The van der Waals surface area contributed by atoms with E-state index in [0.29, 0.717) is 18.7 Å². The molecule has 0 aromatic heterocycles. The lowest BCUT2D eigenvalue weighted by Gasteiger charge is -2.15. The van der Waals surface area contributed by atoms with Crippen LogP contribution in [0.15, 0.2) is 22.7 Å². The third kappa shape index (κ3) is 3.33. The van der Waals surface area contributed by atoms with Gasteiger partial charge in [-0.1, -0.05) is 15.9 Å². The fourth-order valence-corrected chi connectivity index (χ4v) is 2.49. The molecule has 6 heteroatoms. The summed E-state index contributed by atoms with van der Waals surface area (Å²) in [5.41, 5.74) is 1.48. The molecule has 0 saturated carbocycles. The van der Waals surface area contributed by atoms with E-state index in [0.717, 1.165) is 10.0 Å². The minimum atomic E-state index is -0.667. The summed E-state index contributed by atoms with van der Waals surface area (Å²) in [4.78, 5) is 25.1. The average Bonchev–Trinajstić information content (AvgIpc) is 2.78. The van der Waals surface area contributed by atoms with Crippen molar-refractivity contribution >= 4 is 33.4 Å². The highest BCUT2D eigenvalue weighted by molar-refractivity contribution is 9.10. The molecule has 1 heterocycles. The second-order valence-electron chi connectivity index (χ2n) is 4.61. The quantitative estimate of drug-likeness (QED) is 0.764. The lowest BCUT2D eigenvalue weighted by Crippen LogP contribution is -2.38. The number of aliphatic hydroxyl groups excluding tert-OH is 1. The van der Waals surface area contributed by atoms with Crippen molar-refractivity contribution in [3.8, 4) is 0 Å². The molecule has 1 aliphatic heterocycles. The van der Waals surface area contributed by atoms with Crippen LogP contribution in [0.2, 0.25) is 0 Å². The van der Waals surface area contributed by atoms with E-state index in [1.807, 2.05) is 13.0 Å². The maximum Gasteiger partial charge on any atom is 0.313 e. The van der Waals surface area contributed by atoms with E-state index in [4.69, 9.17) is 0 Å². The second kappa shape index (κ2) is 5.71. The number of aliphatic hydroxyl groups is 1. The minimum absolute atomic E-state index is 0.228. The van der Waals surface area contributed by atoms with Gasteiger partial charge in [-0.3, -0.25) is 9.59 Å². The molecule has 1 atom stereocenters. The summed E-state index contributed by atoms with van der Waals surface area (Å²) in [5.74, 6) is -1.27. The molecule has 0 bridgehead atoms. The Hall–Kier alpha value is -1.40. The highest BCUT2D eigenvalue weighted by atomic mass is 79.9. The molecule has 19 heavy (non-hydrogen) atoms. The number of nitrogens with zero attached hydrogens (tertiary/aromatic N) is 1. The molecule has 1 aliphatic rings. The molecule has 0 aliphatic carbocycles. The average molecular weight is 327 g/mol. The van der Waals surface area contributed by atoms with Crippen molar-refractivity contribution in [3.63, 3.8) is 0 Å². The summed E-state index contributed by atoms with van der Waals surface area (Å²) in [5, 5.41) is 12.0. The lowest BCUT2D eigenvalue weighted by molar-refractivity contribution is -0.142. The Balaban J connectivity index is 2.02. The number of rotatable bonds is 1. The number of anilines is 1. The van der Waals surface area contributed by atoms with Crippen LogP contribution in [-0.2, 0) is 9.59 Å². The predicted octanol–water partition coefficient (Wildman–Crippen LogP) is 1.29. The molecular weight excluding hydrogens is 312 g/mol. The number of benzene rings is 1. The number of hydrogen-bond acceptors (Lipinski definition) is 3. The van der Waals surface area contributed by atoms with Gasteiger partial charge in [-0.15, -0.1) is 0 Å². The summed E-state index contributed by atoms with van der Waals surface area (Å²) in [6, 6.07) is 5.40.